The number of hydrogen-bond acceptors (Lipinski definition) is 4. The Morgan fingerprint density at radius 3 is 2.80 bits per heavy atom. The summed E-state index contributed by atoms with van der Waals surface area (Å²) in [5.41, 5.74) is 0.854. The van der Waals surface area contributed by atoms with Gasteiger partial charge in [0.2, 0.25) is 0 Å². The summed E-state index contributed by atoms with van der Waals surface area (Å²) in [7, 11) is 0. The Kier molecular flexibility index (Phi) is 3.97. The summed E-state index contributed by atoms with van der Waals surface area (Å²) in [5.74, 6) is -1.33. The molecule has 2 aromatic heterocycles. The normalized spacial score (nSPS) is 12.6. The van der Waals surface area contributed by atoms with Crippen LogP contribution in [0.2, 0.25) is 0 Å². The van der Waals surface area contributed by atoms with Gasteiger partial charge in [0.1, 0.15) is 11.6 Å². The maximum absolute atomic E-state index is 12.2. The van der Waals surface area contributed by atoms with E-state index in [1.165, 1.54) is 10.8 Å². The van der Waals surface area contributed by atoms with Gasteiger partial charge in [0.05, 0.1) is 11.8 Å². The average Bonchev–Trinajstić information content (AvgIpc) is 2.81. The van der Waals surface area contributed by atoms with Gasteiger partial charge in [0, 0.05) is 6.20 Å². The first-order valence-electron chi connectivity index (χ1n) is 6.31. The van der Waals surface area contributed by atoms with E-state index in [1.54, 1.807) is 18.3 Å². The summed E-state index contributed by atoms with van der Waals surface area (Å²) < 4.78 is 1.33. The molecule has 20 heavy (non-hydrogen) atoms. The van der Waals surface area contributed by atoms with Crippen molar-refractivity contribution in [2.75, 3.05) is 0 Å². The highest BCUT2D eigenvalue weighted by molar-refractivity contribution is 6.02. The van der Waals surface area contributed by atoms with Crippen molar-refractivity contribution in [1.29, 1.82) is 0 Å². The van der Waals surface area contributed by atoms with Crippen LogP contribution < -0.4 is 5.32 Å². The van der Waals surface area contributed by atoms with Gasteiger partial charge >= 0.3 is 5.97 Å². The fraction of sp³-hybridized carbons (Fsp3) is 0.385. The van der Waals surface area contributed by atoms with Gasteiger partial charge in [0.15, 0.2) is 0 Å². The lowest BCUT2D eigenvalue weighted by molar-refractivity contribution is -0.139. The van der Waals surface area contributed by atoms with Gasteiger partial charge in [-0.1, -0.05) is 13.8 Å². The van der Waals surface area contributed by atoms with Gasteiger partial charge in [0.25, 0.3) is 5.91 Å². The van der Waals surface area contributed by atoms with Crippen LogP contribution in [0, 0.1) is 5.92 Å². The third kappa shape index (κ3) is 2.93. The van der Waals surface area contributed by atoms with Crippen molar-refractivity contribution in [1.82, 2.24) is 20.1 Å². The first-order valence-corrected chi connectivity index (χ1v) is 6.31. The molecule has 7 nitrogen and oxygen atoms in total. The number of carbonyl (C=O) groups excluding carboxylic acids is 1. The fourth-order valence-corrected chi connectivity index (χ4v) is 1.94. The van der Waals surface area contributed by atoms with Gasteiger partial charge in [-0.3, -0.25) is 4.79 Å². The minimum absolute atomic E-state index is 0.168. The predicted molar refractivity (Wildman–Crippen MR) is 71.3 cm³/mol. The number of carboxylic acid groups (broad SMARTS) is 1. The van der Waals surface area contributed by atoms with Crippen LogP contribution in [0.3, 0.4) is 0 Å². The molecule has 106 valence electrons. The van der Waals surface area contributed by atoms with E-state index >= 15 is 0 Å². The molecule has 2 N–H and O–H groups in total. The van der Waals surface area contributed by atoms with Crippen LogP contribution >= 0.6 is 0 Å². The molecule has 0 aliphatic carbocycles. The van der Waals surface area contributed by atoms with Crippen LogP contribution in [-0.2, 0) is 4.79 Å². The molecule has 0 saturated carbocycles. The first-order chi connectivity index (χ1) is 9.49. The van der Waals surface area contributed by atoms with E-state index in [4.69, 9.17) is 5.11 Å². The second-order valence-corrected chi connectivity index (χ2v) is 4.95. The van der Waals surface area contributed by atoms with Crippen LogP contribution in [-0.4, -0.2) is 37.9 Å². The molecule has 0 aromatic carbocycles. The smallest absolute Gasteiger partial charge is 0.326 e. The Hall–Kier alpha value is -2.44. The second-order valence-electron chi connectivity index (χ2n) is 4.95. The van der Waals surface area contributed by atoms with Gasteiger partial charge in [-0.25, -0.2) is 4.79 Å². The molecule has 2 aromatic rings. The maximum Gasteiger partial charge on any atom is 0.326 e. The van der Waals surface area contributed by atoms with Crippen molar-refractivity contribution in [2.24, 2.45) is 5.92 Å². The number of nitrogens with one attached hydrogen (secondary N) is 1. The van der Waals surface area contributed by atoms with Gasteiger partial charge in [-0.2, -0.15) is 14.8 Å². The molecule has 7 heteroatoms. The predicted octanol–water partition coefficient (Wildman–Crippen LogP) is 0.958. The standard InChI is InChI=1S/C13H16N4O3/c1-8(2)6-10(13(19)20)16-12(18)9-7-15-17-11(9)4-3-5-14-17/h3-5,7-8,10H,6H2,1-2H3,(H,16,18)(H,19,20). The topological polar surface area (TPSA) is 96.6 Å². The van der Waals surface area contributed by atoms with Gasteiger partial charge in [-0.05, 0) is 24.5 Å². The Labute approximate surface area is 115 Å². The Bertz CT molecular complexity index is 635. The van der Waals surface area contributed by atoms with Crippen LogP contribution in [0.25, 0.3) is 5.52 Å². The zero-order valence-corrected chi connectivity index (χ0v) is 11.3. The van der Waals surface area contributed by atoms with Crippen molar-refractivity contribution < 1.29 is 14.7 Å². The quantitative estimate of drug-likeness (QED) is 0.847. The molecule has 1 unspecified atom stereocenters. The highest BCUT2D eigenvalue weighted by Crippen LogP contribution is 2.10. The van der Waals surface area contributed by atoms with E-state index in [9.17, 15) is 9.59 Å². The molecule has 0 radical (unpaired) electrons. The van der Waals surface area contributed by atoms with E-state index in [-0.39, 0.29) is 5.92 Å². The molecule has 0 spiro atoms. The molecule has 0 bridgehead atoms. The molecule has 1 atom stereocenters. The number of rotatable bonds is 5. The lowest BCUT2D eigenvalue weighted by Crippen LogP contribution is -2.41. The first kappa shape index (κ1) is 14.0. The van der Waals surface area contributed by atoms with Crippen LogP contribution in [0.1, 0.15) is 30.6 Å². The van der Waals surface area contributed by atoms with E-state index in [0.717, 1.165) is 0 Å². The lowest BCUT2D eigenvalue weighted by atomic mass is 10.0. The minimum Gasteiger partial charge on any atom is -0.480 e. The molecule has 2 rings (SSSR count). The third-order valence-electron chi connectivity index (χ3n) is 2.86. The monoisotopic (exact) mass is 276 g/mol. The highest BCUT2D eigenvalue weighted by Gasteiger charge is 2.23. The number of amides is 1. The average molecular weight is 276 g/mol. The number of carbonyl (C=O) groups is 2. The SMILES string of the molecule is CC(C)CC(NC(=O)c1cnn2ncccc12)C(=O)O. The fourth-order valence-electron chi connectivity index (χ4n) is 1.94. The summed E-state index contributed by atoms with van der Waals surface area (Å²) in [6.45, 7) is 3.81. The third-order valence-corrected chi connectivity index (χ3v) is 2.86. The van der Waals surface area contributed by atoms with E-state index < -0.39 is 17.9 Å². The molecular formula is C13H16N4O3. The number of carboxylic acids is 1. The minimum atomic E-state index is -1.04. The Morgan fingerprint density at radius 1 is 1.40 bits per heavy atom. The summed E-state index contributed by atoms with van der Waals surface area (Å²) in [4.78, 5) is 23.3. The second kappa shape index (κ2) is 5.68. The number of fused-ring (bicyclic) bond motifs is 1. The van der Waals surface area contributed by atoms with Crippen LogP contribution in [0.15, 0.2) is 24.5 Å². The van der Waals surface area contributed by atoms with E-state index in [2.05, 4.69) is 15.5 Å². The Balaban J connectivity index is 2.20. The van der Waals surface area contributed by atoms with Crippen molar-refractivity contribution in [3.05, 3.63) is 30.1 Å². The van der Waals surface area contributed by atoms with Crippen molar-refractivity contribution in [3.63, 3.8) is 0 Å². The van der Waals surface area contributed by atoms with Gasteiger partial charge in [-0.15, -0.1) is 0 Å². The summed E-state index contributed by atoms with van der Waals surface area (Å²) >= 11 is 0. The number of hydrogen-bond donors (Lipinski definition) is 2. The van der Waals surface area contributed by atoms with Crippen LogP contribution in [0.4, 0.5) is 0 Å². The maximum atomic E-state index is 12.2. The molecule has 0 aliphatic rings. The molecule has 1 amide bonds. The summed E-state index contributed by atoms with van der Waals surface area (Å²) in [6.07, 6.45) is 3.31. The van der Waals surface area contributed by atoms with Crippen LogP contribution in [0.5, 0.6) is 0 Å². The molecule has 0 fully saturated rings. The Morgan fingerprint density at radius 2 is 2.15 bits per heavy atom. The highest BCUT2D eigenvalue weighted by atomic mass is 16.4. The van der Waals surface area contributed by atoms with E-state index in [1.807, 2.05) is 13.8 Å². The van der Waals surface area contributed by atoms with E-state index in [0.29, 0.717) is 17.5 Å². The number of aliphatic carboxylic acids is 1. The molecule has 0 aliphatic heterocycles. The zero-order valence-electron chi connectivity index (χ0n) is 11.3. The number of aromatic nitrogens is 3. The zero-order chi connectivity index (χ0) is 14.7. The largest absolute Gasteiger partial charge is 0.480 e. The molecule has 0 saturated heterocycles. The number of nitrogens with zero attached hydrogens (tertiary/aromatic N) is 3. The van der Waals surface area contributed by atoms with Gasteiger partial charge < -0.3 is 10.4 Å². The summed E-state index contributed by atoms with van der Waals surface area (Å²) in [6, 6.07) is 2.48. The van der Waals surface area contributed by atoms with Crippen molar-refractivity contribution in [2.45, 2.75) is 26.3 Å². The molecular weight excluding hydrogens is 260 g/mol. The summed E-state index contributed by atoms with van der Waals surface area (Å²) in [5, 5.41) is 19.6. The lowest BCUT2D eigenvalue weighted by Gasteiger charge is -2.15. The molecule has 2 heterocycles. The van der Waals surface area contributed by atoms with Crippen molar-refractivity contribution in [3.8, 4) is 0 Å². The van der Waals surface area contributed by atoms with Crippen molar-refractivity contribution >= 4 is 17.4 Å².